The van der Waals surface area contributed by atoms with Crippen molar-refractivity contribution in [3.8, 4) is 0 Å². The lowest BCUT2D eigenvalue weighted by atomic mass is 9.71. The molecule has 0 saturated heterocycles. The first-order valence-corrected chi connectivity index (χ1v) is 6.79. The van der Waals surface area contributed by atoms with Crippen LogP contribution in [0.1, 0.15) is 57.8 Å². The minimum absolute atomic E-state index is 0.0845. The van der Waals surface area contributed by atoms with Crippen LogP contribution in [-0.2, 0) is 0 Å². The maximum Gasteiger partial charge on any atom is 0.390 e. The molecule has 0 radical (unpaired) electrons. The molecule has 0 unspecified atom stereocenters. The van der Waals surface area contributed by atoms with Crippen molar-refractivity contribution in [3.05, 3.63) is 0 Å². The average molecular weight is 249 g/mol. The molecular formula is C13H22F3N. The number of nitrogens with one attached hydrogen (secondary N) is 1. The fourth-order valence-electron chi connectivity index (χ4n) is 3.48. The van der Waals surface area contributed by atoms with Crippen molar-refractivity contribution in [3.63, 3.8) is 0 Å². The summed E-state index contributed by atoms with van der Waals surface area (Å²) in [5, 5.41) is 3.06. The molecule has 2 saturated carbocycles. The highest BCUT2D eigenvalue weighted by atomic mass is 19.4. The second-order valence-corrected chi connectivity index (χ2v) is 5.80. The molecule has 0 aromatic rings. The van der Waals surface area contributed by atoms with Gasteiger partial charge in [0.1, 0.15) is 0 Å². The topological polar surface area (TPSA) is 12.0 Å². The van der Waals surface area contributed by atoms with Gasteiger partial charge in [-0.1, -0.05) is 12.8 Å². The lowest BCUT2D eigenvalue weighted by Crippen LogP contribution is -2.38. The maximum absolute atomic E-state index is 12.0. The van der Waals surface area contributed by atoms with E-state index in [9.17, 15) is 13.2 Å². The van der Waals surface area contributed by atoms with E-state index in [1.54, 1.807) is 0 Å². The van der Waals surface area contributed by atoms with Crippen LogP contribution < -0.4 is 5.32 Å². The predicted octanol–water partition coefficient (Wildman–Crippen LogP) is 4.03. The molecule has 2 rings (SSSR count). The van der Waals surface area contributed by atoms with Crippen LogP contribution in [0.3, 0.4) is 0 Å². The summed E-state index contributed by atoms with van der Waals surface area (Å²) in [6.07, 6.45) is 5.26. The Morgan fingerprint density at radius 3 is 2.12 bits per heavy atom. The van der Waals surface area contributed by atoms with E-state index in [0.29, 0.717) is 11.5 Å². The van der Waals surface area contributed by atoms with Crippen molar-refractivity contribution in [1.29, 1.82) is 0 Å². The Morgan fingerprint density at radius 2 is 1.59 bits per heavy atom. The van der Waals surface area contributed by atoms with Crippen LogP contribution in [0.15, 0.2) is 0 Å². The zero-order valence-electron chi connectivity index (χ0n) is 10.3. The van der Waals surface area contributed by atoms with Crippen molar-refractivity contribution in [2.75, 3.05) is 6.54 Å². The number of halogens is 3. The number of hydrogen-bond donors (Lipinski definition) is 1. The van der Waals surface area contributed by atoms with Gasteiger partial charge in [0.05, 0.1) is 6.42 Å². The number of alkyl halides is 3. The zero-order valence-corrected chi connectivity index (χ0v) is 10.3. The van der Waals surface area contributed by atoms with E-state index >= 15 is 0 Å². The summed E-state index contributed by atoms with van der Waals surface area (Å²) in [7, 11) is 0. The standard InChI is InChI=1S/C13H22F3N/c14-13(15,16)9-10-17-11-3-7-12(8-4-11)5-1-2-6-12/h11,17H,1-10H2. The van der Waals surface area contributed by atoms with E-state index in [2.05, 4.69) is 5.32 Å². The first kappa shape index (κ1) is 13.2. The summed E-state index contributed by atoms with van der Waals surface area (Å²) in [5.41, 5.74) is 0.572. The van der Waals surface area contributed by atoms with Crippen LogP contribution in [-0.4, -0.2) is 18.8 Å². The van der Waals surface area contributed by atoms with E-state index in [1.165, 1.54) is 38.5 Å². The second kappa shape index (κ2) is 5.17. The first-order valence-electron chi connectivity index (χ1n) is 6.79. The van der Waals surface area contributed by atoms with Gasteiger partial charge in [0, 0.05) is 12.6 Å². The van der Waals surface area contributed by atoms with Crippen LogP contribution >= 0.6 is 0 Å². The van der Waals surface area contributed by atoms with Crippen LogP contribution in [0.25, 0.3) is 0 Å². The molecule has 0 aliphatic heterocycles. The minimum atomic E-state index is -4.02. The van der Waals surface area contributed by atoms with E-state index in [4.69, 9.17) is 0 Å². The summed E-state index contributed by atoms with van der Waals surface area (Å²) in [5.74, 6) is 0. The Kier molecular flexibility index (Phi) is 4.01. The normalized spacial score (nSPS) is 25.6. The third-order valence-corrected chi connectivity index (χ3v) is 4.55. The molecule has 2 fully saturated rings. The summed E-state index contributed by atoms with van der Waals surface area (Å²) in [6, 6.07) is 0.323. The SMILES string of the molecule is FC(F)(F)CCNC1CCC2(CCCC2)CC1. The highest BCUT2D eigenvalue weighted by molar-refractivity contribution is 4.91. The third-order valence-electron chi connectivity index (χ3n) is 4.55. The van der Waals surface area contributed by atoms with Gasteiger partial charge in [-0.2, -0.15) is 13.2 Å². The van der Waals surface area contributed by atoms with Gasteiger partial charge in [0.15, 0.2) is 0 Å². The Morgan fingerprint density at radius 1 is 1.00 bits per heavy atom. The van der Waals surface area contributed by atoms with Crippen LogP contribution in [0.4, 0.5) is 13.2 Å². The molecule has 0 amide bonds. The molecule has 0 aromatic heterocycles. The molecule has 2 aliphatic carbocycles. The molecule has 0 bridgehead atoms. The molecule has 1 spiro atoms. The lowest BCUT2D eigenvalue weighted by molar-refractivity contribution is -0.133. The molecule has 2 aliphatic rings. The maximum atomic E-state index is 12.0. The molecule has 0 aromatic carbocycles. The van der Waals surface area contributed by atoms with Gasteiger partial charge in [0.25, 0.3) is 0 Å². The third kappa shape index (κ3) is 3.87. The Hall–Kier alpha value is -0.250. The Balaban J connectivity index is 1.65. The quantitative estimate of drug-likeness (QED) is 0.796. The van der Waals surface area contributed by atoms with E-state index in [1.807, 2.05) is 0 Å². The smallest absolute Gasteiger partial charge is 0.314 e. The molecule has 1 N–H and O–H groups in total. The van der Waals surface area contributed by atoms with Crippen molar-refractivity contribution >= 4 is 0 Å². The van der Waals surface area contributed by atoms with Gasteiger partial charge < -0.3 is 5.32 Å². The minimum Gasteiger partial charge on any atom is -0.314 e. The Labute approximate surface area is 101 Å². The Bertz CT molecular complexity index is 234. The molecule has 1 nitrogen and oxygen atoms in total. The van der Waals surface area contributed by atoms with Crippen molar-refractivity contribution < 1.29 is 13.2 Å². The van der Waals surface area contributed by atoms with Gasteiger partial charge in [-0.15, -0.1) is 0 Å². The molecule has 100 valence electrons. The van der Waals surface area contributed by atoms with Gasteiger partial charge >= 0.3 is 6.18 Å². The van der Waals surface area contributed by atoms with Crippen molar-refractivity contribution in [2.45, 2.75) is 70.0 Å². The number of rotatable bonds is 3. The van der Waals surface area contributed by atoms with Crippen molar-refractivity contribution in [1.82, 2.24) is 5.32 Å². The molecule has 0 atom stereocenters. The van der Waals surface area contributed by atoms with Crippen molar-refractivity contribution in [2.24, 2.45) is 5.41 Å². The highest BCUT2D eigenvalue weighted by Crippen LogP contribution is 2.48. The summed E-state index contributed by atoms with van der Waals surface area (Å²) in [6.45, 7) is 0.0845. The van der Waals surface area contributed by atoms with Crippen LogP contribution in [0, 0.1) is 5.41 Å². The first-order chi connectivity index (χ1) is 7.99. The fourth-order valence-corrected chi connectivity index (χ4v) is 3.48. The van der Waals surface area contributed by atoms with Gasteiger partial charge in [-0.25, -0.2) is 0 Å². The van der Waals surface area contributed by atoms with Gasteiger partial charge in [-0.3, -0.25) is 0 Å². The highest BCUT2D eigenvalue weighted by Gasteiger charge is 2.37. The molecule has 0 heterocycles. The molecule has 4 heteroatoms. The van der Waals surface area contributed by atoms with Crippen LogP contribution in [0.2, 0.25) is 0 Å². The van der Waals surface area contributed by atoms with Gasteiger partial charge in [-0.05, 0) is 43.9 Å². The average Bonchev–Trinajstić information content (AvgIpc) is 2.68. The van der Waals surface area contributed by atoms with E-state index in [-0.39, 0.29) is 6.54 Å². The fraction of sp³-hybridized carbons (Fsp3) is 1.00. The number of hydrogen-bond acceptors (Lipinski definition) is 1. The lowest BCUT2D eigenvalue weighted by Gasteiger charge is -2.37. The largest absolute Gasteiger partial charge is 0.390 e. The second-order valence-electron chi connectivity index (χ2n) is 5.80. The van der Waals surface area contributed by atoms with E-state index in [0.717, 1.165) is 12.8 Å². The predicted molar refractivity (Wildman–Crippen MR) is 61.8 cm³/mol. The zero-order chi connectivity index (χ0) is 12.4. The summed E-state index contributed by atoms with van der Waals surface area (Å²) < 4.78 is 36.0. The monoisotopic (exact) mass is 249 g/mol. The van der Waals surface area contributed by atoms with Crippen LogP contribution in [0.5, 0.6) is 0 Å². The summed E-state index contributed by atoms with van der Waals surface area (Å²) >= 11 is 0. The molecule has 17 heavy (non-hydrogen) atoms. The summed E-state index contributed by atoms with van der Waals surface area (Å²) in [4.78, 5) is 0. The molecular weight excluding hydrogens is 227 g/mol. The van der Waals surface area contributed by atoms with Gasteiger partial charge in [0.2, 0.25) is 0 Å². The van der Waals surface area contributed by atoms with E-state index < -0.39 is 12.6 Å².